The summed E-state index contributed by atoms with van der Waals surface area (Å²) in [6.07, 6.45) is 1.09. The molecular formula is C23H24FN3O4. The lowest BCUT2D eigenvalue weighted by molar-refractivity contribution is 0.0681. The second-order valence-electron chi connectivity index (χ2n) is 8.02. The van der Waals surface area contributed by atoms with E-state index in [0.29, 0.717) is 35.6 Å². The Morgan fingerprint density at radius 1 is 1.23 bits per heavy atom. The van der Waals surface area contributed by atoms with E-state index in [9.17, 15) is 14.1 Å². The predicted molar refractivity (Wildman–Crippen MR) is 114 cm³/mol. The number of oxazole rings is 1. The van der Waals surface area contributed by atoms with Crippen molar-refractivity contribution < 1.29 is 18.3 Å². The maximum atomic E-state index is 14.2. The van der Waals surface area contributed by atoms with E-state index in [1.165, 1.54) is 6.07 Å². The Hall–Kier alpha value is -3.29. The fourth-order valence-electron chi connectivity index (χ4n) is 3.81. The Morgan fingerprint density at radius 3 is 2.61 bits per heavy atom. The predicted octanol–water partition coefficient (Wildman–Crippen LogP) is 5.62. The molecule has 3 aromatic rings. The van der Waals surface area contributed by atoms with Gasteiger partial charge >= 0.3 is 6.09 Å². The van der Waals surface area contributed by atoms with Crippen LogP contribution in [0.15, 0.2) is 46.0 Å². The van der Waals surface area contributed by atoms with E-state index >= 15 is 0 Å². The Kier molecular flexibility index (Phi) is 5.97. The molecule has 31 heavy (non-hydrogen) atoms. The molecule has 1 saturated heterocycles. The topological polar surface area (TPSA) is 85.0 Å². The molecule has 1 aliphatic heterocycles. The molecule has 2 heterocycles. The third kappa shape index (κ3) is 4.57. The van der Waals surface area contributed by atoms with Crippen LogP contribution in [0.4, 0.5) is 9.18 Å². The Bertz CT molecular complexity index is 1100. The number of rotatable bonds is 5. The third-order valence-corrected chi connectivity index (χ3v) is 5.46. The van der Waals surface area contributed by atoms with E-state index in [1.54, 1.807) is 17.0 Å². The molecule has 1 amide bonds. The third-order valence-electron chi connectivity index (χ3n) is 5.46. The fraction of sp³-hybridized carbons (Fsp3) is 0.391. The van der Waals surface area contributed by atoms with Crippen molar-refractivity contribution in [1.29, 1.82) is 0 Å². The molecule has 162 valence electrons. The smallest absolute Gasteiger partial charge is 0.410 e. The molecule has 0 N–H and O–H groups in total. The van der Waals surface area contributed by atoms with Crippen LogP contribution in [0.2, 0.25) is 0 Å². The molecule has 0 unspecified atom stereocenters. The number of fused-ring (bicyclic) bond motifs is 1. The Morgan fingerprint density at radius 2 is 1.94 bits per heavy atom. The lowest BCUT2D eigenvalue weighted by Gasteiger charge is -2.30. The Balaban J connectivity index is 1.49. The zero-order valence-electron chi connectivity index (χ0n) is 17.5. The van der Waals surface area contributed by atoms with Gasteiger partial charge in [-0.2, -0.15) is 4.91 Å². The molecule has 0 bridgehead atoms. The summed E-state index contributed by atoms with van der Waals surface area (Å²) in [5.41, 5.74) is 3.14. The van der Waals surface area contributed by atoms with E-state index < -0.39 is 5.82 Å². The summed E-state index contributed by atoms with van der Waals surface area (Å²) in [6.45, 7) is 4.68. The lowest BCUT2D eigenvalue weighted by atomic mass is 9.97. The van der Waals surface area contributed by atoms with Crippen LogP contribution in [0, 0.1) is 10.7 Å². The van der Waals surface area contributed by atoms with Crippen LogP contribution in [0.5, 0.6) is 0 Å². The summed E-state index contributed by atoms with van der Waals surface area (Å²) in [5.74, 6) is 0.329. The number of hydrogen-bond donors (Lipinski definition) is 0. The van der Waals surface area contributed by atoms with Crippen LogP contribution in [-0.2, 0) is 11.3 Å². The number of ether oxygens (including phenoxy) is 1. The van der Waals surface area contributed by atoms with Crippen molar-refractivity contribution in [3.05, 3.63) is 58.6 Å². The van der Waals surface area contributed by atoms with Gasteiger partial charge in [-0.05, 0) is 56.0 Å². The van der Waals surface area contributed by atoms with Crippen molar-refractivity contribution in [3.63, 3.8) is 0 Å². The van der Waals surface area contributed by atoms with Crippen molar-refractivity contribution in [3.8, 4) is 11.1 Å². The maximum Gasteiger partial charge on any atom is 0.410 e. The number of nitrogens with zero attached hydrogens (tertiary/aromatic N) is 3. The van der Waals surface area contributed by atoms with Gasteiger partial charge < -0.3 is 14.1 Å². The summed E-state index contributed by atoms with van der Waals surface area (Å²) in [6, 6.07) is 10.3. The highest BCUT2D eigenvalue weighted by Gasteiger charge is 2.28. The number of halogens is 1. The molecule has 1 aromatic heterocycles. The van der Waals surface area contributed by atoms with E-state index in [-0.39, 0.29) is 30.2 Å². The molecule has 8 heteroatoms. The quantitative estimate of drug-likeness (QED) is 0.495. The minimum absolute atomic E-state index is 0.131. The number of amides is 1. The molecule has 0 aliphatic carbocycles. The van der Waals surface area contributed by atoms with Gasteiger partial charge in [0.25, 0.3) is 0 Å². The first-order valence-electron chi connectivity index (χ1n) is 10.4. The van der Waals surface area contributed by atoms with Gasteiger partial charge in [0.05, 0.1) is 6.10 Å². The number of nitroso groups, excluding NO2 is 1. The minimum atomic E-state index is -0.458. The second kappa shape index (κ2) is 8.83. The number of aromatic nitrogens is 1. The summed E-state index contributed by atoms with van der Waals surface area (Å²) < 4.78 is 25.4. The van der Waals surface area contributed by atoms with Crippen LogP contribution in [0.1, 0.15) is 44.1 Å². The summed E-state index contributed by atoms with van der Waals surface area (Å²) >= 11 is 0. The average molecular weight is 425 g/mol. The molecule has 0 atom stereocenters. The van der Waals surface area contributed by atoms with Gasteiger partial charge in [0.1, 0.15) is 17.9 Å². The molecule has 2 aromatic carbocycles. The number of likely N-dealkylation sites (tertiary alicyclic amines) is 1. The number of piperidine rings is 1. The van der Waals surface area contributed by atoms with Crippen LogP contribution in [0.25, 0.3) is 22.2 Å². The number of benzene rings is 2. The van der Waals surface area contributed by atoms with Crippen LogP contribution >= 0.6 is 0 Å². The molecular weight excluding hydrogens is 401 g/mol. The first kappa shape index (κ1) is 21.0. The molecule has 1 fully saturated rings. The SMILES string of the molecule is CC(C)OC(=O)N1CCC(c2nc3cc(-c4ccc(CN=O)c(F)c4)ccc3o2)CC1. The minimum Gasteiger partial charge on any atom is -0.447 e. The number of carbonyl (C=O) groups is 1. The fourth-order valence-corrected chi connectivity index (χ4v) is 3.81. The number of carbonyl (C=O) groups excluding carboxylic acids is 1. The normalized spacial score (nSPS) is 14.9. The van der Waals surface area contributed by atoms with E-state index in [0.717, 1.165) is 18.4 Å². The van der Waals surface area contributed by atoms with Crippen LogP contribution < -0.4 is 0 Å². The highest BCUT2D eigenvalue weighted by Crippen LogP contribution is 2.32. The van der Waals surface area contributed by atoms with Gasteiger partial charge in [0.2, 0.25) is 0 Å². The van der Waals surface area contributed by atoms with Gasteiger partial charge in [-0.3, -0.25) is 0 Å². The van der Waals surface area contributed by atoms with E-state index in [2.05, 4.69) is 10.2 Å². The van der Waals surface area contributed by atoms with Gasteiger partial charge in [-0.15, -0.1) is 0 Å². The van der Waals surface area contributed by atoms with Crippen molar-refractivity contribution in [2.24, 2.45) is 5.18 Å². The van der Waals surface area contributed by atoms with E-state index in [1.807, 2.05) is 32.0 Å². The number of hydrogen-bond acceptors (Lipinski definition) is 6. The van der Waals surface area contributed by atoms with Crippen LogP contribution in [0.3, 0.4) is 0 Å². The van der Waals surface area contributed by atoms with Crippen molar-refractivity contribution in [2.75, 3.05) is 13.1 Å². The zero-order chi connectivity index (χ0) is 22.0. The second-order valence-corrected chi connectivity index (χ2v) is 8.02. The largest absolute Gasteiger partial charge is 0.447 e. The van der Waals surface area contributed by atoms with Gasteiger partial charge in [-0.1, -0.05) is 23.4 Å². The molecule has 7 nitrogen and oxygen atoms in total. The standard InChI is InChI=1S/C23H24FN3O4/c1-14(2)30-23(28)27-9-7-15(8-10-27)22-26-20-12-17(5-6-21(20)31-22)16-3-4-18(13-25-29)19(24)11-16/h3-6,11-12,14-15H,7-10,13H2,1-2H3. The zero-order valence-corrected chi connectivity index (χ0v) is 17.5. The Labute approximate surface area is 179 Å². The highest BCUT2D eigenvalue weighted by molar-refractivity contribution is 5.80. The van der Waals surface area contributed by atoms with Crippen LogP contribution in [-0.4, -0.2) is 35.2 Å². The summed E-state index contributed by atoms with van der Waals surface area (Å²) in [7, 11) is 0. The van der Waals surface area contributed by atoms with Gasteiger partial charge in [0, 0.05) is 24.6 Å². The molecule has 0 saturated carbocycles. The first-order chi connectivity index (χ1) is 14.9. The monoisotopic (exact) mass is 425 g/mol. The van der Waals surface area contributed by atoms with Crippen molar-refractivity contribution in [1.82, 2.24) is 9.88 Å². The van der Waals surface area contributed by atoms with E-state index in [4.69, 9.17) is 9.15 Å². The van der Waals surface area contributed by atoms with Crippen molar-refractivity contribution in [2.45, 2.75) is 45.3 Å². The van der Waals surface area contributed by atoms with Crippen molar-refractivity contribution >= 4 is 17.2 Å². The van der Waals surface area contributed by atoms with Gasteiger partial charge in [0.15, 0.2) is 11.5 Å². The lowest BCUT2D eigenvalue weighted by Crippen LogP contribution is -2.39. The average Bonchev–Trinajstić information content (AvgIpc) is 3.18. The first-order valence-corrected chi connectivity index (χ1v) is 10.4. The molecule has 0 radical (unpaired) electrons. The van der Waals surface area contributed by atoms with Gasteiger partial charge in [-0.25, -0.2) is 14.2 Å². The molecule has 0 spiro atoms. The maximum absolute atomic E-state index is 14.2. The molecule has 4 rings (SSSR count). The molecule has 1 aliphatic rings. The highest BCUT2D eigenvalue weighted by atomic mass is 19.1. The summed E-state index contributed by atoms with van der Waals surface area (Å²) in [4.78, 5) is 28.8. The summed E-state index contributed by atoms with van der Waals surface area (Å²) in [5, 5.41) is 2.74.